The van der Waals surface area contributed by atoms with E-state index in [1.165, 1.54) is 23.9 Å². The lowest BCUT2D eigenvalue weighted by Gasteiger charge is -2.26. The molecular weight excluding hydrogens is 618 g/mol. The molecule has 44 heavy (non-hydrogen) atoms. The number of halogens is 3. The minimum absolute atomic E-state index is 0.0557. The first kappa shape index (κ1) is 32.3. The van der Waals surface area contributed by atoms with Crippen molar-refractivity contribution in [3.05, 3.63) is 114 Å². The Kier molecular flexibility index (Phi) is 11.5. The molecule has 3 aromatic rings. The highest BCUT2D eigenvalue weighted by Gasteiger charge is 2.25. The lowest BCUT2D eigenvalue weighted by molar-refractivity contribution is 0.0322. The van der Waals surface area contributed by atoms with Crippen molar-refractivity contribution in [3.8, 4) is 22.8 Å². The SMILES string of the molecule is C=C(/C=C\C(Cl)=C/C)C(Sc1nnc(-c2cccc(F)c2)n1-c1cccc(OCCN2CCOCC2)c1)C1=CCC(Cl)C=C1. The summed E-state index contributed by atoms with van der Waals surface area (Å²) in [6.45, 7) is 10.9. The molecule has 2 unspecified atom stereocenters. The summed E-state index contributed by atoms with van der Waals surface area (Å²) >= 11 is 14.1. The van der Waals surface area contributed by atoms with Crippen molar-refractivity contribution in [1.29, 1.82) is 0 Å². The normalized spacial score (nSPS) is 18.4. The van der Waals surface area contributed by atoms with Gasteiger partial charge in [0.05, 0.1) is 29.5 Å². The molecule has 0 bridgehead atoms. The molecule has 0 N–H and O–H groups in total. The third-order valence-corrected chi connectivity index (χ3v) is 9.20. The average Bonchev–Trinajstić information content (AvgIpc) is 3.47. The first-order valence-corrected chi connectivity index (χ1v) is 16.2. The Bertz CT molecular complexity index is 1580. The summed E-state index contributed by atoms with van der Waals surface area (Å²) in [5.74, 6) is 0.890. The summed E-state index contributed by atoms with van der Waals surface area (Å²) in [5.41, 5.74) is 3.30. The highest BCUT2D eigenvalue weighted by atomic mass is 35.5. The number of nitrogens with zero attached hydrogens (tertiary/aromatic N) is 4. The molecule has 5 rings (SSSR count). The van der Waals surface area contributed by atoms with Crippen LogP contribution in [0.4, 0.5) is 4.39 Å². The van der Waals surface area contributed by atoms with Crippen molar-refractivity contribution in [1.82, 2.24) is 19.7 Å². The maximum Gasteiger partial charge on any atom is 0.197 e. The molecule has 1 aromatic heterocycles. The molecule has 6 nitrogen and oxygen atoms in total. The second kappa shape index (κ2) is 15.7. The van der Waals surface area contributed by atoms with Gasteiger partial charge in [-0.05, 0) is 54.8 Å². The zero-order valence-electron chi connectivity index (χ0n) is 24.5. The number of thioether (sulfide) groups is 1. The number of allylic oxidation sites excluding steroid dienone is 7. The summed E-state index contributed by atoms with van der Waals surface area (Å²) in [6.07, 6.45) is 12.4. The van der Waals surface area contributed by atoms with E-state index in [1.54, 1.807) is 6.07 Å². The van der Waals surface area contributed by atoms with E-state index in [0.29, 0.717) is 34.6 Å². The molecule has 10 heteroatoms. The Labute approximate surface area is 272 Å². The van der Waals surface area contributed by atoms with Crippen LogP contribution in [0.25, 0.3) is 17.1 Å². The van der Waals surface area contributed by atoms with Gasteiger partial charge < -0.3 is 9.47 Å². The number of aromatic nitrogens is 3. The average molecular weight is 654 g/mol. The predicted octanol–water partition coefficient (Wildman–Crippen LogP) is 7.99. The Morgan fingerprint density at radius 2 is 2.00 bits per heavy atom. The molecule has 1 aliphatic carbocycles. The second-order valence-electron chi connectivity index (χ2n) is 10.3. The van der Waals surface area contributed by atoms with Crippen molar-refractivity contribution >= 4 is 35.0 Å². The number of hydrogen-bond donors (Lipinski definition) is 0. The van der Waals surface area contributed by atoms with Crippen LogP contribution < -0.4 is 4.74 Å². The van der Waals surface area contributed by atoms with Gasteiger partial charge in [0.1, 0.15) is 18.2 Å². The molecule has 0 amide bonds. The maximum atomic E-state index is 14.4. The van der Waals surface area contributed by atoms with Crippen molar-refractivity contribution in [2.24, 2.45) is 0 Å². The van der Waals surface area contributed by atoms with Crippen molar-refractivity contribution in [3.63, 3.8) is 0 Å². The van der Waals surface area contributed by atoms with Gasteiger partial charge in [-0.25, -0.2) is 4.39 Å². The molecular formula is C34H35Cl2FN4O2S. The summed E-state index contributed by atoms with van der Waals surface area (Å²) < 4.78 is 27.9. The standard InChI is InChI=1S/C34H35Cl2FN4O2S/c1-3-27(35)13-10-24(2)32(25-11-14-28(36)15-12-25)44-34-39-38-33(26-6-4-7-29(37)22-26)41(34)30-8-5-9-31(23-30)43-21-18-40-16-19-42-20-17-40/h3-14,22-23,28,32H,2,15-21H2,1H3/b13-10-,27-3+. The van der Waals surface area contributed by atoms with Crippen LogP contribution in [0.2, 0.25) is 0 Å². The summed E-state index contributed by atoms with van der Waals surface area (Å²) in [7, 11) is 0. The van der Waals surface area contributed by atoms with Crippen LogP contribution in [0.15, 0.2) is 113 Å². The number of benzene rings is 2. The van der Waals surface area contributed by atoms with Gasteiger partial charge in [0.15, 0.2) is 11.0 Å². The highest BCUT2D eigenvalue weighted by molar-refractivity contribution is 8.00. The molecule has 1 saturated heterocycles. The minimum atomic E-state index is -0.350. The van der Waals surface area contributed by atoms with Crippen LogP contribution >= 0.6 is 35.0 Å². The van der Waals surface area contributed by atoms with Gasteiger partial charge in [0.2, 0.25) is 0 Å². The third-order valence-electron chi connectivity index (χ3n) is 7.24. The van der Waals surface area contributed by atoms with Crippen LogP contribution in [0.3, 0.4) is 0 Å². The van der Waals surface area contributed by atoms with Gasteiger partial charge in [-0.15, -0.1) is 21.8 Å². The van der Waals surface area contributed by atoms with Crippen molar-refractivity contribution in [2.75, 3.05) is 39.5 Å². The van der Waals surface area contributed by atoms with Gasteiger partial charge in [-0.2, -0.15) is 0 Å². The topological polar surface area (TPSA) is 52.4 Å². The second-order valence-corrected chi connectivity index (χ2v) is 12.4. The van der Waals surface area contributed by atoms with Gasteiger partial charge in [0.25, 0.3) is 0 Å². The largest absolute Gasteiger partial charge is 0.492 e. The van der Waals surface area contributed by atoms with Gasteiger partial charge >= 0.3 is 0 Å². The molecule has 1 aliphatic heterocycles. The molecule has 0 radical (unpaired) electrons. The molecule has 2 heterocycles. The fourth-order valence-electron chi connectivity index (χ4n) is 4.86. The lowest BCUT2D eigenvalue weighted by Crippen LogP contribution is -2.38. The number of alkyl halides is 1. The van der Waals surface area contributed by atoms with Crippen LogP contribution in [0, 0.1) is 5.82 Å². The monoisotopic (exact) mass is 652 g/mol. The van der Waals surface area contributed by atoms with Gasteiger partial charge in [-0.1, -0.05) is 78.5 Å². The van der Waals surface area contributed by atoms with Crippen LogP contribution in [0.5, 0.6) is 5.75 Å². The first-order chi connectivity index (χ1) is 21.4. The fourth-order valence-corrected chi connectivity index (χ4v) is 6.22. The highest BCUT2D eigenvalue weighted by Crippen LogP contribution is 2.38. The zero-order valence-corrected chi connectivity index (χ0v) is 26.9. The summed E-state index contributed by atoms with van der Waals surface area (Å²) in [4.78, 5) is 2.33. The fraction of sp³-hybridized carbons (Fsp3) is 0.294. The van der Waals surface area contributed by atoms with Gasteiger partial charge in [0, 0.05) is 36.3 Å². The van der Waals surface area contributed by atoms with E-state index in [0.717, 1.165) is 55.4 Å². The molecule has 2 aliphatic rings. The lowest BCUT2D eigenvalue weighted by atomic mass is 9.99. The van der Waals surface area contributed by atoms with Crippen LogP contribution in [-0.2, 0) is 4.74 Å². The van der Waals surface area contributed by atoms with E-state index < -0.39 is 0 Å². The first-order valence-electron chi connectivity index (χ1n) is 14.5. The predicted molar refractivity (Wildman–Crippen MR) is 179 cm³/mol. The molecule has 2 atom stereocenters. The Balaban J connectivity index is 1.49. The zero-order chi connectivity index (χ0) is 30.9. The molecule has 230 valence electrons. The maximum absolute atomic E-state index is 14.4. The van der Waals surface area contributed by atoms with E-state index in [4.69, 9.17) is 32.7 Å². The quantitative estimate of drug-likeness (QED) is 0.112. The van der Waals surface area contributed by atoms with Crippen LogP contribution in [-0.4, -0.2) is 69.7 Å². The number of hydrogen-bond acceptors (Lipinski definition) is 6. The smallest absolute Gasteiger partial charge is 0.197 e. The molecule has 2 aromatic carbocycles. The number of morpholine rings is 1. The Morgan fingerprint density at radius 3 is 2.75 bits per heavy atom. The summed E-state index contributed by atoms with van der Waals surface area (Å²) in [6, 6.07) is 14.2. The van der Waals surface area contributed by atoms with Crippen molar-refractivity contribution in [2.45, 2.75) is 29.1 Å². The van der Waals surface area contributed by atoms with Crippen molar-refractivity contribution < 1.29 is 13.9 Å². The van der Waals surface area contributed by atoms with E-state index in [9.17, 15) is 4.39 Å². The number of rotatable bonds is 12. The van der Waals surface area contributed by atoms with E-state index in [1.807, 2.05) is 72.2 Å². The number of ether oxygens (including phenoxy) is 2. The molecule has 1 fully saturated rings. The van der Waals surface area contributed by atoms with E-state index in [-0.39, 0.29) is 16.4 Å². The van der Waals surface area contributed by atoms with E-state index in [2.05, 4.69) is 27.8 Å². The Hall–Kier alpha value is -3.14. The minimum Gasteiger partial charge on any atom is -0.492 e. The van der Waals surface area contributed by atoms with Gasteiger partial charge in [-0.3, -0.25) is 9.47 Å². The van der Waals surface area contributed by atoms with E-state index >= 15 is 0 Å². The van der Waals surface area contributed by atoms with Crippen LogP contribution in [0.1, 0.15) is 13.3 Å². The summed E-state index contributed by atoms with van der Waals surface area (Å²) in [5, 5.41) is 10.1. The molecule has 0 spiro atoms. The molecule has 0 saturated carbocycles. The third kappa shape index (κ3) is 8.52. The Morgan fingerprint density at radius 1 is 1.18 bits per heavy atom.